The molecule has 0 aromatic rings. The second kappa shape index (κ2) is 14.0. The van der Waals surface area contributed by atoms with Gasteiger partial charge in [0.15, 0.2) is 0 Å². The summed E-state index contributed by atoms with van der Waals surface area (Å²) in [6, 6.07) is 0. The minimum absolute atomic E-state index is 0.871. The van der Waals surface area contributed by atoms with E-state index in [9.17, 15) is 0 Å². The number of rotatable bonds is 8. The number of hydrazine groups is 1. The summed E-state index contributed by atoms with van der Waals surface area (Å²) in [7, 11) is 0. The minimum Gasteiger partial charge on any atom is -0.401 e. The van der Waals surface area contributed by atoms with Crippen LogP contribution >= 0.6 is 0 Å². The molecule has 0 spiro atoms. The van der Waals surface area contributed by atoms with Crippen LogP contribution in [0.15, 0.2) is 25.1 Å². The zero-order chi connectivity index (χ0) is 12.8. The molecule has 0 aliphatic carbocycles. The number of nitrogens with two attached hydrogens (primary N) is 2. The lowest BCUT2D eigenvalue weighted by Crippen LogP contribution is -2.27. The van der Waals surface area contributed by atoms with Crippen LogP contribution in [-0.4, -0.2) is 11.6 Å². The summed E-state index contributed by atoms with van der Waals surface area (Å²) >= 11 is 0. The molecule has 4 N–H and O–H groups in total. The van der Waals surface area contributed by atoms with E-state index in [0.29, 0.717) is 0 Å². The lowest BCUT2D eigenvalue weighted by Gasteiger charge is -2.13. The first-order valence-corrected chi connectivity index (χ1v) is 6.18. The van der Waals surface area contributed by atoms with Crippen LogP contribution in [0.2, 0.25) is 0 Å². The molecule has 96 valence electrons. The van der Waals surface area contributed by atoms with Gasteiger partial charge in [-0.2, -0.15) is 0 Å². The Labute approximate surface area is 101 Å². The van der Waals surface area contributed by atoms with Gasteiger partial charge in [-0.05, 0) is 19.3 Å². The molecule has 0 amide bonds. The monoisotopic (exact) mass is 227 g/mol. The normalized spacial score (nSPS) is 10.6. The second-order valence-electron chi connectivity index (χ2n) is 3.75. The van der Waals surface area contributed by atoms with Crippen molar-refractivity contribution in [2.45, 2.75) is 52.4 Å². The van der Waals surface area contributed by atoms with Gasteiger partial charge in [-0.1, -0.05) is 33.1 Å². The highest BCUT2D eigenvalue weighted by molar-refractivity contribution is 4.94. The molecular weight excluding hydrogens is 198 g/mol. The zero-order valence-corrected chi connectivity index (χ0v) is 11.0. The molecule has 0 heterocycles. The fourth-order valence-electron chi connectivity index (χ4n) is 1.36. The predicted molar refractivity (Wildman–Crippen MR) is 73.5 cm³/mol. The average molecular weight is 227 g/mol. The van der Waals surface area contributed by atoms with E-state index in [4.69, 9.17) is 11.6 Å². The van der Waals surface area contributed by atoms with Gasteiger partial charge < -0.3 is 10.7 Å². The summed E-state index contributed by atoms with van der Waals surface area (Å²) in [6.45, 7) is 11.2. The zero-order valence-electron chi connectivity index (χ0n) is 11.0. The molecule has 0 rings (SSSR count). The van der Waals surface area contributed by atoms with Gasteiger partial charge in [0.05, 0.1) is 0 Å². The molecule has 16 heavy (non-hydrogen) atoms. The highest BCUT2D eigenvalue weighted by atomic mass is 15.4. The van der Waals surface area contributed by atoms with Gasteiger partial charge in [0.1, 0.15) is 0 Å². The summed E-state index contributed by atoms with van der Waals surface area (Å²) < 4.78 is 0. The number of nitrogens with zero attached hydrogens (tertiary/aromatic N) is 1. The molecule has 0 fully saturated rings. The highest BCUT2D eigenvalue weighted by Crippen LogP contribution is 2.06. The van der Waals surface area contributed by atoms with Gasteiger partial charge in [-0.15, -0.1) is 13.2 Å². The van der Waals surface area contributed by atoms with E-state index in [1.54, 1.807) is 5.01 Å². The maximum Gasteiger partial charge on any atom is 0.0342 e. The van der Waals surface area contributed by atoms with Crippen LogP contribution in [-0.2, 0) is 0 Å². The van der Waals surface area contributed by atoms with Crippen molar-refractivity contribution in [1.29, 1.82) is 0 Å². The van der Waals surface area contributed by atoms with Crippen LogP contribution in [0.1, 0.15) is 52.4 Å². The van der Waals surface area contributed by atoms with Crippen LogP contribution in [0.4, 0.5) is 0 Å². The molecule has 0 atom stereocenters. The van der Waals surface area contributed by atoms with E-state index in [-0.39, 0.29) is 0 Å². The molecule has 0 radical (unpaired) electrons. The van der Waals surface area contributed by atoms with Crippen molar-refractivity contribution in [3.05, 3.63) is 25.1 Å². The fraction of sp³-hybridized carbons (Fsp3) is 0.692. The first-order valence-electron chi connectivity index (χ1n) is 6.18. The van der Waals surface area contributed by atoms with Crippen molar-refractivity contribution in [3.63, 3.8) is 0 Å². The van der Waals surface area contributed by atoms with E-state index in [2.05, 4.69) is 27.0 Å². The Kier molecular flexibility index (Phi) is 15.3. The Balaban J connectivity index is 0. The van der Waals surface area contributed by atoms with Gasteiger partial charge in [-0.25, -0.2) is 5.84 Å². The lowest BCUT2D eigenvalue weighted by atomic mass is 10.1. The van der Waals surface area contributed by atoms with E-state index in [0.717, 1.165) is 25.1 Å². The molecule has 0 bridgehead atoms. The Hall–Kier alpha value is -0.960. The molecule has 0 saturated heterocycles. The quantitative estimate of drug-likeness (QED) is 0.290. The summed E-state index contributed by atoms with van der Waals surface area (Å²) in [6.07, 6.45) is 8.89. The van der Waals surface area contributed by atoms with Crippen LogP contribution < -0.4 is 11.6 Å². The van der Waals surface area contributed by atoms with Crippen molar-refractivity contribution >= 4 is 0 Å². The van der Waals surface area contributed by atoms with Crippen molar-refractivity contribution < 1.29 is 0 Å². The van der Waals surface area contributed by atoms with Gasteiger partial charge in [0.25, 0.3) is 0 Å². The number of unbranched alkanes of at least 4 members (excludes halogenated alkanes) is 3. The van der Waals surface area contributed by atoms with Crippen LogP contribution in [0, 0.1) is 0 Å². The molecule has 0 saturated carbocycles. The van der Waals surface area contributed by atoms with E-state index >= 15 is 0 Å². The second-order valence-corrected chi connectivity index (χ2v) is 3.75. The minimum atomic E-state index is 0.871. The standard InChI is InChI=1S/C11H25N3.C2H4/c1-3-5-6-7-8-11(12)10-14(13)9-4-2;1-2/h10H,3-9,12-13H2,1-2H3;1-2H2/b11-10-;. The number of hydrogen-bond acceptors (Lipinski definition) is 3. The fourth-order valence-corrected chi connectivity index (χ4v) is 1.36. The third-order valence-electron chi connectivity index (χ3n) is 2.13. The summed E-state index contributed by atoms with van der Waals surface area (Å²) in [5.41, 5.74) is 6.73. The van der Waals surface area contributed by atoms with Gasteiger partial charge in [0.2, 0.25) is 0 Å². The smallest absolute Gasteiger partial charge is 0.0342 e. The lowest BCUT2D eigenvalue weighted by molar-refractivity contribution is 0.388. The van der Waals surface area contributed by atoms with Gasteiger partial charge in [0, 0.05) is 18.4 Å². The van der Waals surface area contributed by atoms with Crippen molar-refractivity contribution in [2.24, 2.45) is 11.6 Å². The SMILES string of the molecule is C=C.CCCCCC/C(N)=C/N(N)CCC. The van der Waals surface area contributed by atoms with Crippen molar-refractivity contribution in [1.82, 2.24) is 5.01 Å². The molecular formula is C13H29N3. The van der Waals surface area contributed by atoms with Crippen LogP contribution in [0.25, 0.3) is 0 Å². The summed E-state index contributed by atoms with van der Waals surface area (Å²) in [4.78, 5) is 0. The summed E-state index contributed by atoms with van der Waals surface area (Å²) in [5.74, 6) is 5.69. The van der Waals surface area contributed by atoms with E-state index < -0.39 is 0 Å². The van der Waals surface area contributed by atoms with E-state index in [1.165, 1.54) is 25.7 Å². The van der Waals surface area contributed by atoms with Crippen molar-refractivity contribution in [3.8, 4) is 0 Å². The molecule has 3 nitrogen and oxygen atoms in total. The highest BCUT2D eigenvalue weighted by Gasteiger charge is 1.94. The van der Waals surface area contributed by atoms with Crippen LogP contribution in [0.5, 0.6) is 0 Å². The Morgan fingerprint density at radius 2 is 1.75 bits per heavy atom. The molecule has 0 unspecified atom stereocenters. The average Bonchev–Trinajstić information content (AvgIpc) is 2.27. The first-order chi connectivity index (χ1) is 7.70. The Morgan fingerprint density at radius 1 is 1.12 bits per heavy atom. The van der Waals surface area contributed by atoms with Gasteiger partial charge in [-0.3, -0.25) is 0 Å². The molecule has 0 aliphatic rings. The third-order valence-corrected chi connectivity index (χ3v) is 2.13. The third kappa shape index (κ3) is 13.0. The molecule has 3 heteroatoms. The predicted octanol–water partition coefficient (Wildman–Crippen LogP) is 3.14. The summed E-state index contributed by atoms with van der Waals surface area (Å²) in [5, 5.41) is 1.68. The molecule has 0 aromatic carbocycles. The van der Waals surface area contributed by atoms with Gasteiger partial charge >= 0.3 is 0 Å². The van der Waals surface area contributed by atoms with Crippen LogP contribution in [0.3, 0.4) is 0 Å². The first kappa shape index (κ1) is 17.4. The topological polar surface area (TPSA) is 55.3 Å². The number of hydrogen-bond donors (Lipinski definition) is 2. The maximum absolute atomic E-state index is 5.83. The van der Waals surface area contributed by atoms with E-state index in [1.807, 2.05) is 6.20 Å². The Morgan fingerprint density at radius 3 is 2.25 bits per heavy atom. The molecule has 0 aliphatic heterocycles. The largest absolute Gasteiger partial charge is 0.401 e. The maximum atomic E-state index is 5.83. The number of allylic oxidation sites excluding steroid dienone is 1. The Bertz CT molecular complexity index is 167. The van der Waals surface area contributed by atoms with Crippen molar-refractivity contribution in [2.75, 3.05) is 6.54 Å². The molecule has 0 aromatic heterocycles.